The Morgan fingerprint density at radius 1 is 1.32 bits per heavy atom. The summed E-state index contributed by atoms with van der Waals surface area (Å²) in [6, 6.07) is 5.85. The number of aliphatic hydroxyl groups excluding tert-OH is 1. The van der Waals surface area contributed by atoms with Gasteiger partial charge < -0.3 is 10.4 Å². The molecule has 96 valence electrons. The minimum Gasteiger partial charge on any atom is -0.374 e. The van der Waals surface area contributed by atoms with Crippen LogP contribution in [-0.2, 0) is 0 Å². The molecule has 0 aliphatic rings. The third kappa shape index (κ3) is 2.40. The Balaban J connectivity index is 2.03. The van der Waals surface area contributed by atoms with E-state index in [0.29, 0.717) is 0 Å². The van der Waals surface area contributed by atoms with Crippen LogP contribution in [0.1, 0.15) is 6.92 Å². The van der Waals surface area contributed by atoms with Gasteiger partial charge in [-0.25, -0.2) is 0 Å². The Labute approximate surface area is 114 Å². The van der Waals surface area contributed by atoms with Gasteiger partial charge in [0.2, 0.25) is 0 Å². The van der Waals surface area contributed by atoms with Crippen LogP contribution in [0.3, 0.4) is 0 Å². The van der Waals surface area contributed by atoms with Crippen LogP contribution in [0, 0.1) is 0 Å². The fourth-order valence-electron chi connectivity index (χ4n) is 1.81. The summed E-state index contributed by atoms with van der Waals surface area (Å²) in [5.74, 6) is 0. The molecule has 0 radical (unpaired) electrons. The Morgan fingerprint density at radius 3 is 2.95 bits per heavy atom. The van der Waals surface area contributed by atoms with Gasteiger partial charge in [0, 0.05) is 29.7 Å². The van der Waals surface area contributed by atoms with Crippen molar-refractivity contribution < 1.29 is 5.11 Å². The Bertz CT molecular complexity index is 696. The maximum Gasteiger partial charge on any atom is 0.138 e. The van der Waals surface area contributed by atoms with Crippen LogP contribution in [0.5, 0.6) is 0 Å². The van der Waals surface area contributed by atoms with Crippen molar-refractivity contribution in [1.82, 2.24) is 14.3 Å². The summed E-state index contributed by atoms with van der Waals surface area (Å²) in [6.07, 6.45) is 4.71. The normalized spacial score (nSPS) is 12.5. The molecule has 0 spiro atoms. The van der Waals surface area contributed by atoms with E-state index in [1.54, 1.807) is 25.5 Å². The summed E-state index contributed by atoms with van der Waals surface area (Å²) >= 11 is 1.30. The largest absolute Gasteiger partial charge is 0.374 e. The molecule has 3 aromatic rings. The van der Waals surface area contributed by atoms with E-state index in [2.05, 4.69) is 19.7 Å². The Kier molecular flexibility index (Phi) is 3.10. The molecule has 2 N–H and O–H groups in total. The average molecular weight is 272 g/mol. The molecule has 0 fully saturated rings. The van der Waals surface area contributed by atoms with Gasteiger partial charge >= 0.3 is 0 Å². The Morgan fingerprint density at radius 2 is 2.21 bits per heavy atom. The summed E-state index contributed by atoms with van der Waals surface area (Å²) < 4.78 is 4.34. The van der Waals surface area contributed by atoms with Crippen molar-refractivity contribution in [2.24, 2.45) is 0 Å². The van der Waals surface area contributed by atoms with Gasteiger partial charge in [-0.15, -0.1) is 0 Å². The molecule has 3 heterocycles. The zero-order valence-corrected chi connectivity index (χ0v) is 11.1. The second-order valence-electron chi connectivity index (χ2n) is 4.17. The maximum atomic E-state index is 9.35. The summed E-state index contributed by atoms with van der Waals surface area (Å²) in [4.78, 5) is 8.51. The van der Waals surface area contributed by atoms with Gasteiger partial charge in [-0.3, -0.25) is 9.97 Å². The van der Waals surface area contributed by atoms with Crippen molar-refractivity contribution >= 4 is 27.6 Å². The van der Waals surface area contributed by atoms with Crippen LogP contribution in [0.4, 0.5) is 5.00 Å². The molecule has 19 heavy (non-hydrogen) atoms. The molecule has 0 aromatic carbocycles. The predicted molar refractivity (Wildman–Crippen MR) is 75.9 cm³/mol. The number of rotatable bonds is 3. The quantitative estimate of drug-likeness (QED) is 0.717. The van der Waals surface area contributed by atoms with E-state index in [9.17, 15) is 5.11 Å². The van der Waals surface area contributed by atoms with E-state index in [4.69, 9.17) is 0 Å². The van der Waals surface area contributed by atoms with Crippen LogP contribution in [0.25, 0.3) is 22.2 Å². The van der Waals surface area contributed by atoms with Gasteiger partial charge in [-0.2, -0.15) is 4.37 Å². The number of anilines is 1. The molecule has 1 unspecified atom stereocenters. The fraction of sp³-hybridized carbons (Fsp3) is 0.154. The van der Waals surface area contributed by atoms with Gasteiger partial charge in [-0.05, 0) is 30.6 Å². The zero-order valence-electron chi connectivity index (χ0n) is 10.2. The van der Waals surface area contributed by atoms with E-state index < -0.39 is 6.23 Å². The monoisotopic (exact) mass is 272 g/mol. The third-order valence-corrected chi connectivity index (χ3v) is 3.43. The first-order chi connectivity index (χ1) is 9.24. The SMILES string of the molecule is CC(O)Nc1snc2cc(-c3cccnc3)cnc12. The molecule has 5 nitrogen and oxygen atoms in total. The summed E-state index contributed by atoms with van der Waals surface area (Å²) in [6.45, 7) is 1.66. The summed E-state index contributed by atoms with van der Waals surface area (Å²) in [5.41, 5.74) is 3.58. The fourth-order valence-corrected chi connectivity index (χ4v) is 2.61. The third-order valence-electron chi connectivity index (χ3n) is 2.65. The number of aromatic nitrogens is 3. The lowest BCUT2D eigenvalue weighted by Crippen LogP contribution is -2.12. The van der Waals surface area contributed by atoms with Crippen molar-refractivity contribution in [3.8, 4) is 11.1 Å². The number of hydrogen-bond donors (Lipinski definition) is 2. The lowest BCUT2D eigenvalue weighted by molar-refractivity contribution is 0.225. The second-order valence-corrected chi connectivity index (χ2v) is 4.94. The number of fused-ring (bicyclic) bond motifs is 1. The van der Waals surface area contributed by atoms with Crippen LogP contribution >= 0.6 is 11.5 Å². The van der Waals surface area contributed by atoms with Crippen molar-refractivity contribution in [3.63, 3.8) is 0 Å². The second kappa shape index (κ2) is 4.91. The number of nitrogens with zero attached hydrogens (tertiary/aromatic N) is 3. The zero-order chi connectivity index (χ0) is 13.2. The standard InChI is InChI=1S/C13H12N4OS/c1-8(18)16-13-12-11(17-19-13)5-10(7-15-12)9-3-2-4-14-6-9/h2-8,16,18H,1H3. The number of nitrogens with one attached hydrogen (secondary N) is 1. The lowest BCUT2D eigenvalue weighted by atomic mass is 10.1. The lowest BCUT2D eigenvalue weighted by Gasteiger charge is -2.05. The van der Waals surface area contributed by atoms with Crippen molar-refractivity contribution in [2.75, 3.05) is 5.32 Å². The van der Waals surface area contributed by atoms with E-state index in [0.717, 1.165) is 27.2 Å². The Hall–Kier alpha value is -2.05. The highest BCUT2D eigenvalue weighted by atomic mass is 32.1. The van der Waals surface area contributed by atoms with Gasteiger partial charge in [0.1, 0.15) is 22.3 Å². The van der Waals surface area contributed by atoms with E-state index in [-0.39, 0.29) is 0 Å². The first-order valence-electron chi connectivity index (χ1n) is 5.84. The molecule has 0 saturated carbocycles. The molecule has 0 aliphatic heterocycles. The first-order valence-corrected chi connectivity index (χ1v) is 6.62. The van der Waals surface area contributed by atoms with Crippen molar-refractivity contribution in [3.05, 3.63) is 36.8 Å². The molecule has 0 amide bonds. The molecule has 0 bridgehead atoms. The van der Waals surface area contributed by atoms with E-state index in [1.807, 2.05) is 18.2 Å². The number of pyridine rings is 2. The molecular weight excluding hydrogens is 260 g/mol. The number of aliphatic hydroxyl groups is 1. The molecule has 1 atom stereocenters. The van der Waals surface area contributed by atoms with Gasteiger partial charge in [0.15, 0.2) is 0 Å². The maximum absolute atomic E-state index is 9.35. The summed E-state index contributed by atoms with van der Waals surface area (Å²) in [5, 5.41) is 13.1. The smallest absolute Gasteiger partial charge is 0.138 e. The molecule has 6 heteroatoms. The van der Waals surface area contributed by atoms with Crippen LogP contribution < -0.4 is 5.32 Å². The van der Waals surface area contributed by atoms with E-state index in [1.165, 1.54) is 11.5 Å². The minimum atomic E-state index is -0.622. The van der Waals surface area contributed by atoms with Crippen LogP contribution in [0.15, 0.2) is 36.8 Å². The average Bonchev–Trinajstić information content (AvgIpc) is 2.81. The predicted octanol–water partition coefficient (Wildman–Crippen LogP) is 2.50. The molecule has 0 saturated heterocycles. The molecular formula is C13H12N4OS. The van der Waals surface area contributed by atoms with Gasteiger partial charge in [0.25, 0.3) is 0 Å². The van der Waals surface area contributed by atoms with Crippen LogP contribution in [-0.4, -0.2) is 25.7 Å². The van der Waals surface area contributed by atoms with Gasteiger partial charge in [0.05, 0.1) is 0 Å². The highest BCUT2D eigenvalue weighted by molar-refractivity contribution is 7.11. The first kappa shape index (κ1) is 12.0. The molecule has 3 rings (SSSR count). The van der Waals surface area contributed by atoms with Crippen LogP contribution in [0.2, 0.25) is 0 Å². The minimum absolute atomic E-state index is 0.622. The summed E-state index contributed by atoms with van der Waals surface area (Å²) in [7, 11) is 0. The van der Waals surface area contributed by atoms with E-state index >= 15 is 0 Å². The molecule has 0 aliphatic carbocycles. The number of hydrogen-bond acceptors (Lipinski definition) is 6. The molecule has 3 aromatic heterocycles. The topological polar surface area (TPSA) is 70.9 Å². The highest BCUT2D eigenvalue weighted by Crippen LogP contribution is 2.29. The van der Waals surface area contributed by atoms with Gasteiger partial charge in [-0.1, -0.05) is 6.07 Å². The highest BCUT2D eigenvalue weighted by Gasteiger charge is 2.10. The van der Waals surface area contributed by atoms with Crippen molar-refractivity contribution in [2.45, 2.75) is 13.2 Å². The van der Waals surface area contributed by atoms with Crippen molar-refractivity contribution in [1.29, 1.82) is 0 Å².